The molecule has 0 aromatic carbocycles. The van der Waals surface area contributed by atoms with Gasteiger partial charge in [-0.05, 0) is 19.3 Å². The molecule has 0 spiro atoms. The number of nitrogens with one attached hydrogen (secondary N) is 1. The van der Waals surface area contributed by atoms with Crippen molar-refractivity contribution < 1.29 is 0 Å². The minimum absolute atomic E-state index is 0.508. The Kier molecular flexibility index (Phi) is 1.25. The van der Waals surface area contributed by atoms with Crippen molar-refractivity contribution in [2.75, 3.05) is 0 Å². The first-order chi connectivity index (χ1) is 4.88. The van der Waals surface area contributed by atoms with Crippen LogP contribution in [0.4, 0.5) is 0 Å². The molecule has 0 saturated carbocycles. The van der Waals surface area contributed by atoms with Gasteiger partial charge in [0.1, 0.15) is 0 Å². The summed E-state index contributed by atoms with van der Waals surface area (Å²) in [7, 11) is 0. The minimum atomic E-state index is 0.508. The quantitative estimate of drug-likeness (QED) is 0.535. The van der Waals surface area contributed by atoms with Crippen molar-refractivity contribution in [3.63, 3.8) is 0 Å². The lowest BCUT2D eigenvalue weighted by atomic mass is 10.1. The largest absolute Gasteiger partial charge is 0.307 e. The maximum Gasteiger partial charge on any atom is 0.0944 e. The zero-order valence-corrected chi connectivity index (χ0v) is 5.80. The predicted octanol–water partition coefficient (Wildman–Crippen LogP) is 0.961. The van der Waals surface area contributed by atoms with Gasteiger partial charge >= 0.3 is 0 Å². The molecule has 2 rings (SSSR count). The summed E-state index contributed by atoms with van der Waals surface area (Å²) in [6, 6.07) is 3.34. The second kappa shape index (κ2) is 2.10. The minimum Gasteiger partial charge on any atom is -0.307 e. The molecule has 2 aliphatic rings. The fraction of sp³-hybridized carbons (Fsp3) is 0.625. The second-order valence-corrected chi connectivity index (χ2v) is 3.06. The van der Waals surface area contributed by atoms with E-state index >= 15 is 0 Å². The first-order valence-electron chi connectivity index (χ1n) is 3.75. The van der Waals surface area contributed by atoms with E-state index in [0.717, 1.165) is 12.0 Å². The summed E-state index contributed by atoms with van der Waals surface area (Å²) in [5.41, 5.74) is 0.978. The highest BCUT2D eigenvalue weighted by Gasteiger charge is 2.27. The van der Waals surface area contributed by atoms with E-state index in [2.05, 4.69) is 17.5 Å². The topological polar surface area (TPSA) is 35.8 Å². The molecule has 1 fully saturated rings. The Hall–Kier alpha value is -0.810. The average molecular weight is 134 g/mol. The lowest BCUT2D eigenvalue weighted by molar-refractivity contribution is 0.556. The van der Waals surface area contributed by atoms with Crippen LogP contribution < -0.4 is 5.32 Å². The molecule has 52 valence electrons. The van der Waals surface area contributed by atoms with Crippen LogP contribution >= 0.6 is 0 Å². The standard InChI is InChI=1S/C8H10N2/c9-5-6-3-7-1-2-8(4-6)10-7/h3,7-8,10H,1-2,4H2. The van der Waals surface area contributed by atoms with Crippen LogP contribution in [-0.4, -0.2) is 12.1 Å². The summed E-state index contributed by atoms with van der Waals surface area (Å²) in [5.74, 6) is 0. The Labute approximate surface area is 60.5 Å². The zero-order chi connectivity index (χ0) is 6.97. The van der Waals surface area contributed by atoms with E-state index in [1.165, 1.54) is 12.8 Å². The highest BCUT2D eigenvalue weighted by Crippen LogP contribution is 2.25. The van der Waals surface area contributed by atoms with Gasteiger partial charge in [-0.2, -0.15) is 5.26 Å². The van der Waals surface area contributed by atoms with Crippen LogP contribution in [0, 0.1) is 11.3 Å². The van der Waals surface area contributed by atoms with Crippen LogP contribution in [0.2, 0.25) is 0 Å². The molecule has 2 unspecified atom stereocenters. The van der Waals surface area contributed by atoms with Gasteiger partial charge in [-0.15, -0.1) is 0 Å². The molecular formula is C8H10N2. The van der Waals surface area contributed by atoms with Crippen molar-refractivity contribution in [2.45, 2.75) is 31.3 Å². The summed E-state index contributed by atoms with van der Waals surface area (Å²) in [6.07, 6.45) is 5.48. The highest BCUT2D eigenvalue weighted by atomic mass is 15.0. The van der Waals surface area contributed by atoms with E-state index in [-0.39, 0.29) is 0 Å². The van der Waals surface area contributed by atoms with Gasteiger partial charge in [0.2, 0.25) is 0 Å². The van der Waals surface area contributed by atoms with Gasteiger partial charge in [0, 0.05) is 17.7 Å². The van der Waals surface area contributed by atoms with Crippen molar-refractivity contribution in [2.24, 2.45) is 0 Å². The summed E-state index contributed by atoms with van der Waals surface area (Å²) in [4.78, 5) is 0. The Morgan fingerprint density at radius 3 is 3.20 bits per heavy atom. The first kappa shape index (κ1) is 5.94. The van der Waals surface area contributed by atoms with Crippen molar-refractivity contribution in [3.8, 4) is 6.07 Å². The number of hydrogen-bond acceptors (Lipinski definition) is 2. The Morgan fingerprint density at radius 2 is 2.50 bits per heavy atom. The van der Waals surface area contributed by atoms with Gasteiger partial charge in [0.25, 0.3) is 0 Å². The fourth-order valence-corrected chi connectivity index (χ4v) is 1.80. The van der Waals surface area contributed by atoms with Gasteiger partial charge in [0.15, 0.2) is 0 Å². The SMILES string of the molecule is N#CC1=CC2CCC(C1)N2. The molecule has 0 aromatic heterocycles. The Bertz CT molecular complexity index is 212. The van der Waals surface area contributed by atoms with E-state index in [0.29, 0.717) is 12.1 Å². The number of hydrogen-bond donors (Lipinski definition) is 1. The van der Waals surface area contributed by atoms with E-state index in [1.807, 2.05) is 0 Å². The van der Waals surface area contributed by atoms with Crippen LogP contribution in [-0.2, 0) is 0 Å². The third-order valence-corrected chi connectivity index (χ3v) is 2.29. The molecule has 0 radical (unpaired) electrons. The van der Waals surface area contributed by atoms with Crippen molar-refractivity contribution in [1.29, 1.82) is 5.26 Å². The average Bonchev–Trinajstić information content (AvgIpc) is 2.30. The highest BCUT2D eigenvalue weighted by molar-refractivity contribution is 5.28. The van der Waals surface area contributed by atoms with E-state index in [9.17, 15) is 0 Å². The van der Waals surface area contributed by atoms with Gasteiger partial charge < -0.3 is 5.32 Å². The third-order valence-electron chi connectivity index (χ3n) is 2.29. The van der Waals surface area contributed by atoms with Crippen LogP contribution in [0.3, 0.4) is 0 Å². The molecule has 2 aliphatic heterocycles. The van der Waals surface area contributed by atoms with Gasteiger partial charge in [-0.1, -0.05) is 6.08 Å². The summed E-state index contributed by atoms with van der Waals surface area (Å²) in [5, 5.41) is 12.0. The molecular weight excluding hydrogens is 124 g/mol. The third kappa shape index (κ3) is 0.833. The number of nitriles is 1. The van der Waals surface area contributed by atoms with Crippen molar-refractivity contribution in [1.82, 2.24) is 5.32 Å². The Morgan fingerprint density at radius 1 is 1.60 bits per heavy atom. The predicted molar refractivity (Wildman–Crippen MR) is 38.3 cm³/mol. The molecule has 0 aliphatic carbocycles. The Balaban J connectivity index is 2.21. The normalized spacial score (nSPS) is 36.9. The smallest absolute Gasteiger partial charge is 0.0944 e. The lowest BCUT2D eigenvalue weighted by Crippen LogP contribution is -2.32. The second-order valence-electron chi connectivity index (χ2n) is 3.06. The van der Waals surface area contributed by atoms with Gasteiger partial charge in [0.05, 0.1) is 6.07 Å². The molecule has 10 heavy (non-hydrogen) atoms. The number of nitrogens with zero attached hydrogens (tertiary/aromatic N) is 1. The molecule has 2 nitrogen and oxygen atoms in total. The maximum atomic E-state index is 8.61. The first-order valence-corrected chi connectivity index (χ1v) is 3.75. The van der Waals surface area contributed by atoms with Gasteiger partial charge in [-0.25, -0.2) is 0 Å². The molecule has 2 heterocycles. The van der Waals surface area contributed by atoms with Crippen molar-refractivity contribution >= 4 is 0 Å². The molecule has 1 saturated heterocycles. The van der Waals surface area contributed by atoms with Crippen LogP contribution in [0.5, 0.6) is 0 Å². The maximum absolute atomic E-state index is 8.61. The zero-order valence-electron chi connectivity index (χ0n) is 5.80. The molecule has 2 bridgehead atoms. The number of rotatable bonds is 0. The fourth-order valence-electron chi connectivity index (χ4n) is 1.80. The van der Waals surface area contributed by atoms with Crippen LogP contribution in [0.25, 0.3) is 0 Å². The molecule has 2 atom stereocenters. The van der Waals surface area contributed by atoms with Crippen LogP contribution in [0.15, 0.2) is 11.6 Å². The number of fused-ring (bicyclic) bond motifs is 2. The summed E-state index contributed by atoms with van der Waals surface area (Å²) in [6.45, 7) is 0. The molecule has 0 amide bonds. The summed E-state index contributed by atoms with van der Waals surface area (Å²) >= 11 is 0. The van der Waals surface area contributed by atoms with Gasteiger partial charge in [-0.3, -0.25) is 0 Å². The van der Waals surface area contributed by atoms with E-state index < -0.39 is 0 Å². The molecule has 1 N–H and O–H groups in total. The molecule has 0 aromatic rings. The summed E-state index contributed by atoms with van der Waals surface area (Å²) < 4.78 is 0. The monoisotopic (exact) mass is 134 g/mol. The van der Waals surface area contributed by atoms with E-state index in [1.54, 1.807) is 0 Å². The molecule has 2 heteroatoms. The lowest BCUT2D eigenvalue weighted by Gasteiger charge is -2.16. The van der Waals surface area contributed by atoms with Crippen molar-refractivity contribution in [3.05, 3.63) is 11.6 Å². The van der Waals surface area contributed by atoms with E-state index in [4.69, 9.17) is 5.26 Å². The van der Waals surface area contributed by atoms with Crippen LogP contribution in [0.1, 0.15) is 19.3 Å².